The number of benzene rings is 1. The molecule has 0 fully saturated rings. The van der Waals surface area contributed by atoms with Crippen LogP contribution in [0.1, 0.15) is 43.5 Å². The van der Waals surface area contributed by atoms with Gasteiger partial charge in [-0.3, -0.25) is 4.79 Å². The molecule has 2 N–H and O–H groups in total. The van der Waals surface area contributed by atoms with Gasteiger partial charge in [0.15, 0.2) is 0 Å². The van der Waals surface area contributed by atoms with Gasteiger partial charge in [0.25, 0.3) is 5.91 Å². The SMILES string of the molecule is CCC(C)NC(=O)c1cnc(NCCC2=CCC(Cl)C=C2)nc1-c1ccccc1F. The van der Waals surface area contributed by atoms with Crippen LogP contribution in [0.4, 0.5) is 10.3 Å². The highest BCUT2D eigenvalue weighted by Crippen LogP contribution is 2.25. The molecule has 3 rings (SSSR count). The molecule has 30 heavy (non-hydrogen) atoms. The van der Waals surface area contributed by atoms with E-state index in [-0.39, 0.29) is 34.1 Å². The number of halogens is 2. The predicted molar refractivity (Wildman–Crippen MR) is 119 cm³/mol. The van der Waals surface area contributed by atoms with Crippen LogP contribution in [0.2, 0.25) is 0 Å². The number of aromatic nitrogens is 2. The number of rotatable bonds is 8. The number of allylic oxidation sites excluding steroid dienone is 3. The number of anilines is 1. The third-order valence-electron chi connectivity index (χ3n) is 4.97. The van der Waals surface area contributed by atoms with Gasteiger partial charge >= 0.3 is 0 Å². The monoisotopic (exact) mass is 428 g/mol. The summed E-state index contributed by atoms with van der Waals surface area (Å²) in [6.45, 7) is 4.51. The van der Waals surface area contributed by atoms with Gasteiger partial charge < -0.3 is 10.6 Å². The molecule has 5 nitrogen and oxygen atoms in total. The summed E-state index contributed by atoms with van der Waals surface area (Å²) in [5.74, 6) is -0.404. The first kappa shape index (κ1) is 22.0. The quantitative estimate of drug-likeness (QED) is 0.573. The van der Waals surface area contributed by atoms with Gasteiger partial charge in [0.2, 0.25) is 5.95 Å². The Morgan fingerprint density at radius 2 is 2.17 bits per heavy atom. The summed E-state index contributed by atoms with van der Waals surface area (Å²) >= 11 is 6.05. The molecule has 0 bridgehead atoms. The van der Waals surface area contributed by atoms with Crippen molar-refractivity contribution >= 4 is 23.5 Å². The third kappa shape index (κ3) is 5.66. The first-order valence-electron chi connectivity index (χ1n) is 10.2. The lowest BCUT2D eigenvalue weighted by Gasteiger charge is -2.15. The fraction of sp³-hybridized carbons (Fsp3) is 0.348. The van der Waals surface area contributed by atoms with Crippen molar-refractivity contribution in [2.75, 3.05) is 11.9 Å². The van der Waals surface area contributed by atoms with Crippen LogP contribution in [0.3, 0.4) is 0 Å². The van der Waals surface area contributed by atoms with Gasteiger partial charge in [-0.05, 0) is 38.3 Å². The van der Waals surface area contributed by atoms with Gasteiger partial charge in [-0.15, -0.1) is 11.6 Å². The van der Waals surface area contributed by atoms with E-state index in [2.05, 4.69) is 26.7 Å². The van der Waals surface area contributed by atoms with Crippen LogP contribution in [-0.4, -0.2) is 33.8 Å². The molecule has 0 spiro atoms. The molecule has 0 aliphatic heterocycles. The number of carbonyl (C=O) groups is 1. The summed E-state index contributed by atoms with van der Waals surface area (Å²) in [7, 11) is 0. The van der Waals surface area contributed by atoms with Crippen LogP contribution in [0.15, 0.2) is 54.3 Å². The molecule has 2 atom stereocenters. The Labute approximate surface area is 181 Å². The lowest BCUT2D eigenvalue weighted by atomic mass is 10.0. The maximum Gasteiger partial charge on any atom is 0.255 e. The van der Waals surface area contributed by atoms with Gasteiger partial charge in [0.05, 0.1) is 16.6 Å². The molecule has 158 valence electrons. The van der Waals surface area contributed by atoms with Gasteiger partial charge in [-0.1, -0.05) is 42.9 Å². The van der Waals surface area contributed by atoms with Gasteiger partial charge in [0, 0.05) is 24.3 Å². The average Bonchev–Trinajstić information content (AvgIpc) is 2.75. The first-order valence-corrected chi connectivity index (χ1v) is 10.6. The van der Waals surface area contributed by atoms with E-state index >= 15 is 0 Å². The second-order valence-corrected chi connectivity index (χ2v) is 7.85. The van der Waals surface area contributed by atoms with Crippen molar-refractivity contribution in [3.05, 3.63) is 65.6 Å². The fourth-order valence-corrected chi connectivity index (χ4v) is 3.20. The molecule has 1 aliphatic carbocycles. The second-order valence-electron chi connectivity index (χ2n) is 7.29. The van der Waals surface area contributed by atoms with Crippen molar-refractivity contribution in [1.82, 2.24) is 15.3 Å². The van der Waals surface area contributed by atoms with Gasteiger partial charge in [-0.25, -0.2) is 14.4 Å². The maximum absolute atomic E-state index is 14.5. The highest BCUT2D eigenvalue weighted by molar-refractivity contribution is 6.22. The number of alkyl halides is 1. The standard InChI is InChI=1S/C23H26ClFN4O/c1-3-15(2)28-22(30)19-14-27-23(26-13-12-16-8-10-17(24)11-9-16)29-21(19)18-6-4-5-7-20(18)25/h4-10,14-15,17H,3,11-13H2,1-2H3,(H,28,30)(H,26,27,29). The molecule has 1 heterocycles. The van der Waals surface area contributed by atoms with Crippen molar-refractivity contribution in [2.24, 2.45) is 0 Å². The molecule has 1 aromatic carbocycles. The first-order chi connectivity index (χ1) is 14.5. The molecular weight excluding hydrogens is 403 g/mol. The lowest BCUT2D eigenvalue weighted by molar-refractivity contribution is 0.0939. The van der Waals surface area contributed by atoms with E-state index in [1.54, 1.807) is 18.2 Å². The topological polar surface area (TPSA) is 66.9 Å². The fourth-order valence-electron chi connectivity index (χ4n) is 3.04. The Hall–Kier alpha value is -2.73. The molecule has 2 unspecified atom stereocenters. The van der Waals surface area contributed by atoms with Gasteiger partial charge in [0.1, 0.15) is 5.82 Å². The minimum absolute atomic E-state index is 0.00632. The van der Waals surface area contributed by atoms with E-state index < -0.39 is 5.82 Å². The van der Waals surface area contributed by atoms with Crippen molar-refractivity contribution in [3.8, 4) is 11.3 Å². The molecule has 2 aromatic rings. The number of amides is 1. The molecule has 1 aliphatic rings. The molecular formula is C23H26ClFN4O. The van der Waals surface area contributed by atoms with Crippen molar-refractivity contribution in [2.45, 2.75) is 44.5 Å². The van der Waals surface area contributed by atoms with Crippen molar-refractivity contribution in [1.29, 1.82) is 0 Å². The minimum Gasteiger partial charge on any atom is -0.354 e. The van der Waals surface area contributed by atoms with E-state index in [0.717, 1.165) is 19.3 Å². The van der Waals surface area contributed by atoms with Crippen LogP contribution in [0.25, 0.3) is 11.3 Å². The molecule has 1 amide bonds. The number of hydrogen-bond donors (Lipinski definition) is 2. The van der Waals surface area contributed by atoms with Gasteiger partial charge in [-0.2, -0.15) is 0 Å². The van der Waals surface area contributed by atoms with Crippen molar-refractivity contribution in [3.63, 3.8) is 0 Å². The number of nitrogens with one attached hydrogen (secondary N) is 2. The van der Waals surface area contributed by atoms with Crippen LogP contribution >= 0.6 is 11.6 Å². The largest absolute Gasteiger partial charge is 0.354 e. The smallest absolute Gasteiger partial charge is 0.255 e. The molecule has 0 saturated carbocycles. The lowest BCUT2D eigenvalue weighted by Crippen LogP contribution is -2.32. The summed E-state index contributed by atoms with van der Waals surface area (Å²) in [6.07, 6.45) is 9.97. The zero-order valence-corrected chi connectivity index (χ0v) is 17.9. The van der Waals surface area contributed by atoms with Crippen molar-refractivity contribution < 1.29 is 9.18 Å². The Bertz CT molecular complexity index is 960. The Morgan fingerprint density at radius 1 is 1.37 bits per heavy atom. The summed E-state index contributed by atoms with van der Waals surface area (Å²) in [4.78, 5) is 21.5. The number of carbonyl (C=O) groups excluding carboxylic acids is 1. The minimum atomic E-state index is -0.437. The Balaban J connectivity index is 1.81. The normalized spacial score (nSPS) is 16.7. The summed E-state index contributed by atoms with van der Waals surface area (Å²) in [6, 6.07) is 6.28. The Morgan fingerprint density at radius 3 is 2.87 bits per heavy atom. The average molecular weight is 429 g/mol. The number of hydrogen-bond acceptors (Lipinski definition) is 4. The zero-order chi connectivity index (χ0) is 21.5. The highest BCUT2D eigenvalue weighted by Gasteiger charge is 2.19. The molecule has 0 radical (unpaired) electrons. The maximum atomic E-state index is 14.5. The summed E-state index contributed by atoms with van der Waals surface area (Å²) in [5.41, 5.74) is 1.98. The second kappa shape index (κ2) is 10.3. The predicted octanol–water partition coefficient (Wildman–Crippen LogP) is 5.11. The molecule has 7 heteroatoms. The molecule has 0 saturated heterocycles. The third-order valence-corrected chi connectivity index (χ3v) is 5.30. The summed E-state index contributed by atoms with van der Waals surface area (Å²) < 4.78 is 14.5. The highest BCUT2D eigenvalue weighted by atomic mass is 35.5. The zero-order valence-electron chi connectivity index (χ0n) is 17.2. The van der Waals surface area contributed by atoms with Crippen LogP contribution < -0.4 is 10.6 Å². The van der Waals surface area contributed by atoms with E-state index in [0.29, 0.717) is 12.5 Å². The van der Waals surface area contributed by atoms with E-state index in [1.165, 1.54) is 17.8 Å². The molecule has 1 aromatic heterocycles. The van der Waals surface area contributed by atoms with E-state index in [4.69, 9.17) is 11.6 Å². The van der Waals surface area contributed by atoms with E-state index in [9.17, 15) is 9.18 Å². The van der Waals surface area contributed by atoms with E-state index in [1.807, 2.05) is 26.0 Å². The summed E-state index contributed by atoms with van der Waals surface area (Å²) in [5, 5.41) is 6.12. The Kier molecular flexibility index (Phi) is 7.57. The number of nitrogens with zero attached hydrogens (tertiary/aromatic N) is 2. The van der Waals surface area contributed by atoms with Crippen LogP contribution in [0, 0.1) is 5.82 Å². The van der Waals surface area contributed by atoms with Crippen LogP contribution in [-0.2, 0) is 0 Å². The van der Waals surface area contributed by atoms with Crippen LogP contribution in [0.5, 0.6) is 0 Å².